The fourth-order valence-corrected chi connectivity index (χ4v) is 7.82. The predicted molar refractivity (Wildman–Crippen MR) is 208 cm³/mol. The summed E-state index contributed by atoms with van der Waals surface area (Å²) in [5.41, 5.74) is 10.8. The van der Waals surface area contributed by atoms with Gasteiger partial charge in [0.05, 0.1) is 33.3 Å². The lowest BCUT2D eigenvalue weighted by Gasteiger charge is -2.09. The van der Waals surface area contributed by atoms with Crippen LogP contribution in [0.25, 0.3) is 94.3 Å². The predicted octanol–water partition coefficient (Wildman–Crippen LogP) is 10.8. The van der Waals surface area contributed by atoms with E-state index in [0.717, 1.165) is 39.1 Å². The number of hydrogen-bond donors (Lipinski definition) is 0. The second kappa shape index (κ2) is 10.7. The first-order valence-corrected chi connectivity index (χ1v) is 17.1. The lowest BCUT2D eigenvalue weighted by Crippen LogP contribution is -1.97. The molecule has 0 bridgehead atoms. The molecular weight excluding hydrogens is 625 g/mol. The molecule has 51 heavy (non-hydrogen) atoms. The van der Waals surface area contributed by atoms with Crippen LogP contribution in [-0.2, 0) is 0 Å². The number of fused-ring (bicyclic) bond motifs is 9. The van der Waals surface area contributed by atoms with E-state index in [9.17, 15) is 0 Å². The average Bonchev–Trinajstić information content (AvgIpc) is 3.88. The Hall–Kier alpha value is -7.05. The van der Waals surface area contributed by atoms with Gasteiger partial charge in [0.15, 0.2) is 5.82 Å². The van der Waals surface area contributed by atoms with Gasteiger partial charge in [0.2, 0.25) is 0 Å². The van der Waals surface area contributed by atoms with Crippen molar-refractivity contribution in [1.82, 2.24) is 28.7 Å². The molecule has 0 atom stereocenters. The Morgan fingerprint density at radius 3 is 1.49 bits per heavy atom. The molecule has 6 nitrogen and oxygen atoms in total. The van der Waals surface area contributed by atoms with Crippen LogP contribution in [0, 0.1) is 0 Å². The van der Waals surface area contributed by atoms with Crippen LogP contribution in [0.2, 0.25) is 0 Å². The lowest BCUT2D eigenvalue weighted by molar-refractivity contribution is 0.988. The average molecular weight is 653 g/mol. The molecule has 0 radical (unpaired) electrons. The van der Waals surface area contributed by atoms with E-state index < -0.39 is 0 Å². The summed E-state index contributed by atoms with van der Waals surface area (Å²) in [7, 11) is 0. The molecule has 0 saturated carbocycles. The highest BCUT2D eigenvalue weighted by Crippen LogP contribution is 2.39. The van der Waals surface area contributed by atoms with Crippen molar-refractivity contribution in [2.45, 2.75) is 0 Å². The molecule has 6 heteroatoms. The highest BCUT2D eigenvalue weighted by Gasteiger charge is 2.19. The van der Waals surface area contributed by atoms with Gasteiger partial charge in [0, 0.05) is 49.4 Å². The van der Waals surface area contributed by atoms with Gasteiger partial charge in [-0.2, -0.15) is 9.50 Å². The monoisotopic (exact) mass is 652 g/mol. The van der Waals surface area contributed by atoms with Crippen LogP contribution in [0.5, 0.6) is 0 Å². The molecule has 0 aliphatic heterocycles. The second-order valence-corrected chi connectivity index (χ2v) is 13.0. The molecule has 0 fully saturated rings. The van der Waals surface area contributed by atoms with Crippen molar-refractivity contribution in [3.05, 3.63) is 170 Å². The highest BCUT2D eigenvalue weighted by molar-refractivity contribution is 6.19. The minimum absolute atomic E-state index is 0.577. The van der Waals surface area contributed by atoms with Crippen LogP contribution in [0.4, 0.5) is 0 Å². The van der Waals surface area contributed by atoms with E-state index in [1.807, 2.05) is 34.8 Å². The standard InChI is InChI=1S/C45H28N6/c1-3-13-29(14-4-1)43-35-19-9-12-22-40(35)51-45(46-43)47-44(48-51)30-23-25-32(26-24-30)50-39-21-11-8-18-34(39)37-27-41-36(28-42(37)50)33-17-7-10-20-38(33)49(41)31-15-5-2-6-16-31/h1-28H. The van der Waals surface area contributed by atoms with Crippen LogP contribution >= 0.6 is 0 Å². The van der Waals surface area contributed by atoms with Crippen molar-refractivity contribution >= 4 is 60.3 Å². The van der Waals surface area contributed by atoms with Crippen molar-refractivity contribution in [1.29, 1.82) is 0 Å². The van der Waals surface area contributed by atoms with Gasteiger partial charge in [-0.15, -0.1) is 5.10 Å². The van der Waals surface area contributed by atoms with Gasteiger partial charge >= 0.3 is 0 Å². The molecule has 7 aromatic carbocycles. The van der Waals surface area contributed by atoms with Gasteiger partial charge < -0.3 is 9.13 Å². The Morgan fingerprint density at radius 2 is 0.863 bits per heavy atom. The van der Waals surface area contributed by atoms with E-state index in [1.165, 1.54) is 43.6 Å². The van der Waals surface area contributed by atoms with Crippen LogP contribution in [-0.4, -0.2) is 28.7 Å². The van der Waals surface area contributed by atoms with E-state index >= 15 is 0 Å². The Kier molecular flexibility index (Phi) is 5.86. The molecule has 11 aromatic rings. The summed E-state index contributed by atoms with van der Waals surface area (Å²) >= 11 is 0. The number of nitrogens with zero attached hydrogens (tertiary/aromatic N) is 6. The minimum atomic E-state index is 0.577. The summed E-state index contributed by atoms with van der Waals surface area (Å²) in [6.07, 6.45) is 0. The van der Waals surface area contributed by atoms with E-state index in [-0.39, 0.29) is 0 Å². The largest absolute Gasteiger partial charge is 0.309 e. The summed E-state index contributed by atoms with van der Waals surface area (Å²) < 4.78 is 6.61. The third-order valence-corrected chi connectivity index (χ3v) is 10.1. The van der Waals surface area contributed by atoms with Crippen molar-refractivity contribution in [2.75, 3.05) is 0 Å². The Balaban J connectivity index is 1.08. The molecule has 0 unspecified atom stereocenters. The number of rotatable bonds is 4. The minimum Gasteiger partial charge on any atom is -0.309 e. The first-order chi connectivity index (χ1) is 25.3. The molecule has 0 saturated heterocycles. The molecule has 11 rings (SSSR count). The summed E-state index contributed by atoms with van der Waals surface area (Å²) in [6, 6.07) is 59.8. The molecule has 4 aromatic heterocycles. The smallest absolute Gasteiger partial charge is 0.253 e. The van der Waals surface area contributed by atoms with Crippen LogP contribution in [0.15, 0.2) is 170 Å². The van der Waals surface area contributed by atoms with Crippen molar-refractivity contribution < 1.29 is 0 Å². The highest BCUT2D eigenvalue weighted by atomic mass is 15.3. The molecule has 0 amide bonds. The molecule has 238 valence electrons. The molecule has 0 N–H and O–H groups in total. The maximum atomic E-state index is 5.00. The van der Waals surface area contributed by atoms with Gasteiger partial charge in [-0.1, -0.05) is 103 Å². The first kappa shape index (κ1) is 27.9. The first-order valence-electron chi connectivity index (χ1n) is 17.1. The molecular formula is C45H28N6. The zero-order valence-electron chi connectivity index (χ0n) is 27.3. The Morgan fingerprint density at radius 1 is 0.353 bits per heavy atom. The Bertz CT molecular complexity index is 3120. The number of aromatic nitrogens is 6. The van der Waals surface area contributed by atoms with Crippen molar-refractivity contribution in [3.63, 3.8) is 0 Å². The van der Waals surface area contributed by atoms with Crippen LogP contribution < -0.4 is 0 Å². The van der Waals surface area contributed by atoms with Gasteiger partial charge in [-0.05, 0) is 66.7 Å². The van der Waals surface area contributed by atoms with E-state index in [2.05, 4.69) is 149 Å². The number of para-hydroxylation sites is 4. The molecule has 0 aliphatic rings. The van der Waals surface area contributed by atoms with Crippen molar-refractivity contribution in [3.8, 4) is 34.0 Å². The van der Waals surface area contributed by atoms with Gasteiger partial charge in [0.25, 0.3) is 5.78 Å². The normalized spacial score (nSPS) is 11.9. The zero-order chi connectivity index (χ0) is 33.5. The SMILES string of the molecule is c1ccc(-c2nc3nc(-c4ccc(-n5c6ccccc6c6cc7c(cc65)c5ccccc5n7-c5ccccc5)cc4)nn3c3ccccc23)cc1. The fourth-order valence-electron chi connectivity index (χ4n) is 7.82. The summed E-state index contributed by atoms with van der Waals surface area (Å²) in [5, 5.41) is 10.9. The molecule has 0 aliphatic carbocycles. The van der Waals surface area contributed by atoms with Gasteiger partial charge in [-0.3, -0.25) is 0 Å². The topological polar surface area (TPSA) is 52.9 Å². The van der Waals surface area contributed by atoms with Crippen LogP contribution in [0.3, 0.4) is 0 Å². The second-order valence-electron chi connectivity index (χ2n) is 13.0. The number of benzene rings is 7. The maximum absolute atomic E-state index is 5.00. The Labute approximate surface area is 292 Å². The van der Waals surface area contributed by atoms with Gasteiger partial charge in [-0.25, -0.2) is 4.98 Å². The summed E-state index contributed by atoms with van der Waals surface area (Å²) in [5.74, 6) is 1.22. The quantitative estimate of drug-likeness (QED) is 0.190. The van der Waals surface area contributed by atoms with E-state index in [4.69, 9.17) is 15.1 Å². The number of hydrogen-bond acceptors (Lipinski definition) is 3. The van der Waals surface area contributed by atoms with Crippen molar-refractivity contribution in [2.24, 2.45) is 0 Å². The van der Waals surface area contributed by atoms with Gasteiger partial charge in [0.1, 0.15) is 0 Å². The zero-order valence-corrected chi connectivity index (χ0v) is 27.3. The fraction of sp³-hybridized carbons (Fsp3) is 0. The van der Waals surface area contributed by atoms with Crippen LogP contribution in [0.1, 0.15) is 0 Å². The third kappa shape index (κ3) is 4.14. The lowest BCUT2D eigenvalue weighted by atomic mass is 10.1. The summed E-state index contributed by atoms with van der Waals surface area (Å²) in [4.78, 5) is 9.93. The summed E-state index contributed by atoms with van der Waals surface area (Å²) in [6.45, 7) is 0. The van der Waals surface area contributed by atoms with E-state index in [0.29, 0.717) is 11.6 Å². The third-order valence-electron chi connectivity index (χ3n) is 10.1. The molecule has 4 heterocycles. The van der Waals surface area contributed by atoms with E-state index in [1.54, 1.807) is 0 Å². The maximum Gasteiger partial charge on any atom is 0.253 e. The molecule has 0 spiro atoms.